The Morgan fingerprint density at radius 1 is 1.17 bits per heavy atom. The number of methoxy groups -OCH3 is 3. The van der Waals surface area contributed by atoms with Crippen molar-refractivity contribution in [3.05, 3.63) is 11.6 Å². The van der Waals surface area contributed by atoms with Crippen molar-refractivity contribution in [3.8, 4) is 0 Å². The van der Waals surface area contributed by atoms with Crippen LogP contribution in [-0.4, -0.2) is 70.5 Å². The van der Waals surface area contributed by atoms with Crippen molar-refractivity contribution >= 4 is 5.78 Å². The summed E-state index contributed by atoms with van der Waals surface area (Å²) in [7, 11) is 5.51. The topological polar surface area (TPSA) is 48.0 Å². The van der Waals surface area contributed by atoms with Crippen molar-refractivity contribution in [2.45, 2.75) is 57.7 Å². The van der Waals surface area contributed by atoms with Crippen molar-refractivity contribution < 1.29 is 19.0 Å². The molecule has 4 fully saturated rings. The van der Waals surface area contributed by atoms with Crippen molar-refractivity contribution in [2.75, 3.05) is 47.6 Å². The van der Waals surface area contributed by atoms with E-state index in [2.05, 4.69) is 17.9 Å². The Morgan fingerprint density at radius 3 is 2.69 bits per heavy atom. The molecule has 1 heterocycles. The molecule has 5 aliphatic rings. The molecule has 5 rings (SSSR count). The van der Waals surface area contributed by atoms with Gasteiger partial charge in [0.25, 0.3) is 0 Å². The second kappa shape index (κ2) is 6.88. The lowest BCUT2D eigenvalue weighted by molar-refractivity contribution is -0.156. The minimum absolute atomic E-state index is 0.0646. The smallest absolute Gasteiger partial charge is 0.145 e. The van der Waals surface area contributed by atoms with Crippen LogP contribution in [0.4, 0.5) is 0 Å². The molecule has 1 spiro atoms. The molecule has 0 aromatic carbocycles. The molecular weight excluding hydrogens is 366 g/mol. The molecule has 0 N–H and O–H groups in total. The number of hydrogen-bond donors (Lipinski definition) is 0. The van der Waals surface area contributed by atoms with Crippen LogP contribution in [0.25, 0.3) is 0 Å². The number of likely N-dealkylation sites (tertiary alicyclic amines) is 1. The fraction of sp³-hybridized carbons (Fsp3) is 0.875. The van der Waals surface area contributed by atoms with Crippen LogP contribution < -0.4 is 0 Å². The normalized spacial score (nSPS) is 48.8. The summed E-state index contributed by atoms with van der Waals surface area (Å²) in [4.78, 5) is 16.3. The van der Waals surface area contributed by atoms with E-state index in [1.54, 1.807) is 12.7 Å². The van der Waals surface area contributed by atoms with Gasteiger partial charge in [-0.3, -0.25) is 4.79 Å². The van der Waals surface area contributed by atoms with Crippen LogP contribution in [-0.2, 0) is 19.0 Å². The quantitative estimate of drug-likeness (QED) is 0.660. The van der Waals surface area contributed by atoms with Crippen LogP contribution in [0, 0.1) is 28.1 Å². The minimum atomic E-state index is -0.229. The lowest BCUT2D eigenvalue weighted by Gasteiger charge is -2.64. The molecule has 1 aliphatic heterocycles. The van der Waals surface area contributed by atoms with E-state index in [0.717, 1.165) is 64.8 Å². The molecule has 162 valence electrons. The Hall–Kier alpha value is -0.750. The Labute approximate surface area is 175 Å². The van der Waals surface area contributed by atoms with Gasteiger partial charge < -0.3 is 19.1 Å². The van der Waals surface area contributed by atoms with E-state index in [4.69, 9.17) is 14.2 Å². The fourth-order valence-corrected chi connectivity index (χ4v) is 8.64. The molecule has 4 bridgehead atoms. The molecule has 0 radical (unpaired) electrons. The van der Waals surface area contributed by atoms with E-state index in [1.165, 1.54) is 0 Å². The van der Waals surface area contributed by atoms with Gasteiger partial charge in [-0.05, 0) is 51.0 Å². The van der Waals surface area contributed by atoms with Gasteiger partial charge in [-0.25, -0.2) is 0 Å². The number of rotatable bonds is 5. The van der Waals surface area contributed by atoms with E-state index < -0.39 is 0 Å². The van der Waals surface area contributed by atoms with Gasteiger partial charge in [-0.1, -0.05) is 18.6 Å². The summed E-state index contributed by atoms with van der Waals surface area (Å²) >= 11 is 0. The van der Waals surface area contributed by atoms with Gasteiger partial charge >= 0.3 is 0 Å². The average Bonchev–Trinajstić information content (AvgIpc) is 3.08. The highest BCUT2D eigenvalue weighted by Gasteiger charge is 2.73. The van der Waals surface area contributed by atoms with Crippen molar-refractivity contribution in [3.63, 3.8) is 0 Å². The first kappa shape index (κ1) is 20.2. The van der Waals surface area contributed by atoms with Crippen LogP contribution in [0.1, 0.15) is 45.4 Å². The first-order valence-corrected chi connectivity index (χ1v) is 11.5. The van der Waals surface area contributed by atoms with E-state index in [1.807, 2.05) is 14.2 Å². The van der Waals surface area contributed by atoms with Crippen LogP contribution in [0.3, 0.4) is 0 Å². The second-order valence-corrected chi connectivity index (χ2v) is 10.4. The number of piperidine rings is 1. The number of hydrogen-bond acceptors (Lipinski definition) is 5. The average molecular weight is 404 g/mol. The summed E-state index contributed by atoms with van der Waals surface area (Å²) in [6.07, 6.45) is 8.83. The summed E-state index contributed by atoms with van der Waals surface area (Å²) in [5, 5.41) is 0. The van der Waals surface area contributed by atoms with E-state index in [9.17, 15) is 4.79 Å². The molecule has 29 heavy (non-hydrogen) atoms. The lowest BCUT2D eigenvalue weighted by atomic mass is 9.47. The van der Waals surface area contributed by atoms with Crippen LogP contribution in [0.15, 0.2) is 11.6 Å². The predicted molar refractivity (Wildman–Crippen MR) is 111 cm³/mol. The SMILES string of the molecule is CCN1CC2(COC)CCC(OC)C3(C1)C2=CCCC12CC(OC)C(CC13)C2=O. The maximum absolute atomic E-state index is 13.6. The molecule has 7 unspecified atom stereocenters. The van der Waals surface area contributed by atoms with Crippen molar-refractivity contribution in [2.24, 2.45) is 28.1 Å². The molecule has 5 heteroatoms. The number of carbonyl (C=O) groups excluding carboxylic acids is 1. The summed E-state index contributed by atoms with van der Waals surface area (Å²) < 4.78 is 17.9. The Morgan fingerprint density at radius 2 is 2.00 bits per heavy atom. The first-order chi connectivity index (χ1) is 14.0. The summed E-state index contributed by atoms with van der Waals surface area (Å²) in [5.41, 5.74) is 1.34. The number of ether oxygens (including phenoxy) is 3. The molecular formula is C24H37NO4. The van der Waals surface area contributed by atoms with Gasteiger partial charge in [-0.2, -0.15) is 0 Å². The van der Waals surface area contributed by atoms with Crippen molar-refractivity contribution in [1.82, 2.24) is 4.90 Å². The number of allylic oxidation sites excluding steroid dienone is 1. The number of nitrogens with zero attached hydrogens (tertiary/aromatic N) is 1. The third kappa shape index (κ3) is 2.39. The van der Waals surface area contributed by atoms with Gasteiger partial charge in [0, 0.05) is 56.6 Å². The molecule has 4 aliphatic carbocycles. The monoisotopic (exact) mass is 403 g/mol. The molecule has 0 amide bonds. The third-order valence-corrected chi connectivity index (χ3v) is 9.56. The molecule has 5 nitrogen and oxygen atoms in total. The van der Waals surface area contributed by atoms with Gasteiger partial charge in [0.05, 0.1) is 18.8 Å². The summed E-state index contributed by atoms with van der Waals surface area (Å²) in [6, 6.07) is 0. The molecule has 0 aromatic rings. The highest BCUT2D eigenvalue weighted by Crippen LogP contribution is 2.71. The highest BCUT2D eigenvalue weighted by molar-refractivity contribution is 5.93. The van der Waals surface area contributed by atoms with Gasteiger partial charge in [0.2, 0.25) is 0 Å². The third-order valence-electron chi connectivity index (χ3n) is 9.56. The summed E-state index contributed by atoms with van der Waals surface area (Å²) in [6.45, 7) is 6.16. The van der Waals surface area contributed by atoms with Crippen LogP contribution in [0.5, 0.6) is 0 Å². The van der Waals surface area contributed by atoms with Crippen LogP contribution in [0.2, 0.25) is 0 Å². The fourth-order valence-electron chi connectivity index (χ4n) is 8.64. The zero-order valence-electron chi connectivity index (χ0n) is 18.5. The number of fused-ring (bicyclic) bond motifs is 1. The number of Topliss-reactive ketones (excluding diaryl/α,β-unsaturated/α-hetero) is 1. The molecule has 3 saturated carbocycles. The minimum Gasteiger partial charge on any atom is -0.384 e. The van der Waals surface area contributed by atoms with E-state index in [0.29, 0.717) is 11.7 Å². The van der Waals surface area contributed by atoms with Gasteiger partial charge in [0.15, 0.2) is 0 Å². The maximum Gasteiger partial charge on any atom is 0.145 e. The molecule has 7 atom stereocenters. The Balaban J connectivity index is 1.68. The van der Waals surface area contributed by atoms with Crippen LogP contribution >= 0.6 is 0 Å². The zero-order chi connectivity index (χ0) is 20.4. The summed E-state index contributed by atoms with van der Waals surface area (Å²) in [5.74, 6) is 0.931. The Bertz CT molecular complexity index is 722. The van der Waals surface area contributed by atoms with Gasteiger partial charge in [0.1, 0.15) is 5.78 Å². The molecule has 1 saturated heterocycles. The van der Waals surface area contributed by atoms with Gasteiger partial charge in [-0.15, -0.1) is 0 Å². The largest absolute Gasteiger partial charge is 0.384 e. The first-order valence-electron chi connectivity index (χ1n) is 11.5. The van der Waals surface area contributed by atoms with E-state index in [-0.39, 0.29) is 34.4 Å². The molecule has 0 aromatic heterocycles. The number of ketones is 1. The number of carbonyl (C=O) groups is 1. The predicted octanol–water partition coefficient (Wildman–Crippen LogP) is 3.08. The standard InChI is InChI=1S/C24H37NO4/c1-5-25-13-22(15-27-2)10-8-20(29-4)24(14-25)18(22)7-6-9-23-12-17(28-3)16(21(23)26)11-19(23)24/h7,16-17,19-20H,5-6,8-15H2,1-4H3. The second-order valence-electron chi connectivity index (χ2n) is 10.4. The Kier molecular flexibility index (Phi) is 4.78. The van der Waals surface area contributed by atoms with Crippen molar-refractivity contribution in [1.29, 1.82) is 0 Å². The maximum atomic E-state index is 13.6. The highest BCUT2D eigenvalue weighted by atomic mass is 16.5. The zero-order valence-corrected chi connectivity index (χ0v) is 18.5. The van der Waals surface area contributed by atoms with E-state index >= 15 is 0 Å². The lowest BCUT2D eigenvalue weighted by Crippen LogP contribution is -2.67.